The largest absolute Gasteiger partial charge is 0.497 e. The van der Waals surface area contributed by atoms with Crippen molar-refractivity contribution in [1.82, 2.24) is 4.90 Å². The number of nitrogens with one attached hydrogen (secondary N) is 1. The molecule has 166 valence electrons. The van der Waals surface area contributed by atoms with Gasteiger partial charge in [-0.1, -0.05) is 19.1 Å². The molecule has 1 aliphatic heterocycles. The van der Waals surface area contributed by atoms with Gasteiger partial charge in [0.2, 0.25) is 5.91 Å². The highest BCUT2D eigenvalue weighted by molar-refractivity contribution is 5.92. The highest BCUT2D eigenvalue weighted by Crippen LogP contribution is 2.29. The first-order valence-corrected chi connectivity index (χ1v) is 10.5. The van der Waals surface area contributed by atoms with Crippen molar-refractivity contribution < 1.29 is 23.8 Å². The summed E-state index contributed by atoms with van der Waals surface area (Å²) in [5, 5.41) is 2.94. The van der Waals surface area contributed by atoms with Crippen molar-refractivity contribution >= 4 is 17.5 Å². The number of carbonyl (C=O) groups is 2. The fourth-order valence-corrected chi connectivity index (χ4v) is 3.61. The molecular formula is C24H30N2O5. The van der Waals surface area contributed by atoms with E-state index in [1.807, 2.05) is 43.3 Å². The number of amides is 2. The summed E-state index contributed by atoms with van der Waals surface area (Å²) in [4.78, 5) is 27.2. The Morgan fingerprint density at radius 3 is 2.81 bits per heavy atom. The summed E-state index contributed by atoms with van der Waals surface area (Å²) >= 11 is 0. The molecule has 0 fully saturated rings. The normalized spacial score (nSPS) is 15.6. The van der Waals surface area contributed by atoms with Crippen molar-refractivity contribution in [2.45, 2.75) is 38.8 Å². The molecular weight excluding hydrogens is 396 g/mol. The molecule has 3 rings (SSSR count). The molecule has 0 aromatic heterocycles. The average molecular weight is 427 g/mol. The van der Waals surface area contributed by atoms with E-state index in [1.54, 1.807) is 25.2 Å². The van der Waals surface area contributed by atoms with E-state index in [2.05, 4.69) is 5.32 Å². The molecule has 7 heteroatoms. The predicted octanol–water partition coefficient (Wildman–Crippen LogP) is 3.41. The SMILES string of the molecule is CC[C@@H]1Oc2ccc(NC(=O)Cc3cccc(OC)c3)cc2CN(CCCOC)C1=O. The number of rotatable bonds is 9. The monoisotopic (exact) mass is 426 g/mol. The Balaban J connectivity index is 1.72. The molecule has 2 amide bonds. The number of hydrogen-bond donors (Lipinski definition) is 1. The van der Waals surface area contributed by atoms with Gasteiger partial charge in [0.25, 0.3) is 5.91 Å². The zero-order chi connectivity index (χ0) is 22.2. The molecule has 1 atom stereocenters. The van der Waals surface area contributed by atoms with Crippen LogP contribution in [0, 0.1) is 0 Å². The van der Waals surface area contributed by atoms with Crippen LogP contribution in [-0.2, 0) is 27.3 Å². The van der Waals surface area contributed by atoms with E-state index in [-0.39, 0.29) is 18.2 Å². The minimum absolute atomic E-state index is 0.0154. The number of carbonyl (C=O) groups excluding carboxylic acids is 2. The second kappa shape index (κ2) is 10.8. The lowest BCUT2D eigenvalue weighted by Crippen LogP contribution is -2.40. The lowest BCUT2D eigenvalue weighted by atomic mass is 10.1. The number of ether oxygens (including phenoxy) is 3. The molecule has 1 aliphatic rings. The number of benzene rings is 2. The Morgan fingerprint density at radius 2 is 2.06 bits per heavy atom. The summed E-state index contributed by atoms with van der Waals surface area (Å²) < 4.78 is 16.3. The molecule has 2 aromatic carbocycles. The molecule has 0 saturated carbocycles. The second-order valence-corrected chi connectivity index (χ2v) is 7.52. The van der Waals surface area contributed by atoms with Gasteiger partial charge in [0, 0.05) is 38.1 Å². The first-order valence-electron chi connectivity index (χ1n) is 10.5. The second-order valence-electron chi connectivity index (χ2n) is 7.52. The van der Waals surface area contributed by atoms with Crippen LogP contribution in [0.25, 0.3) is 0 Å². The van der Waals surface area contributed by atoms with Crippen LogP contribution in [0.4, 0.5) is 5.69 Å². The van der Waals surface area contributed by atoms with E-state index >= 15 is 0 Å². The quantitative estimate of drug-likeness (QED) is 0.622. The van der Waals surface area contributed by atoms with Crippen LogP contribution in [0.1, 0.15) is 30.9 Å². The summed E-state index contributed by atoms with van der Waals surface area (Å²) in [7, 11) is 3.25. The van der Waals surface area contributed by atoms with Gasteiger partial charge in [-0.05, 0) is 48.7 Å². The standard InChI is InChI=1S/C24H30N2O5/c1-4-21-24(28)26(11-6-12-29-2)16-18-15-19(9-10-22(18)31-21)25-23(27)14-17-7-5-8-20(13-17)30-3/h5,7-10,13,15,21H,4,6,11-12,14,16H2,1-3H3,(H,25,27)/t21-/m0/s1. The van der Waals surface area contributed by atoms with Gasteiger partial charge in [-0.2, -0.15) is 0 Å². The van der Waals surface area contributed by atoms with Crippen molar-refractivity contribution in [2.75, 3.05) is 32.7 Å². The number of fused-ring (bicyclic) bond motifs is 1. The Kier molecular flexibility index (Phi) is 7.89. The van der Waals surface area contributed by atoms with Gasteiger partial charge in [0.15, 0.2) is 6.10 Å². The van der Waals surface area contributed by atoms with E-state index in [4.69, 9.17) is 14.2 Å². The van der Waals surface area contributed by atoms with Crippen molar-refractivity contribution in [3.05, 3.63) is 53.6 Å². The smallest absolute Gasteiger partial charge is 0.263 e. The van der Waals surface area contributed by atoms with Crippen LogP contribution in [0.15, 0.2) is 42.5 Å². The van der Waals surface area contributed by atoms with Crippen LogP contribution < -0.4 is 14.8 Å². The molecule has 0 unspecified atom stereocenters. The fourth-order valence-electron chi connectivity index (χ4n) is 3.61. The molecule has 2 aromatic rings. The van der Waals surface area contributed by atoms with Crippen LogP contribution in [0.3, 0.4) is 0 Å². The maximum atomic E-state index is 12.8. The molecule has 1 heterocycles. The van der Waals surface area contributed by atoms with Crippen molar-refractivity contribution in [3.8, 4) is 11.5 Å². The molecule has 0 bridgehead atoms. The maximum absolute atomic E-state index is 12.8. The first-order chi connectivity index (χ1) is 15.0. The van der Waals surface area contributed by atoms with Gasteiger partial charge in [0.1, 0.15) is 11.5 Å². The lowest BCUT2D eigenvalue weighted by Gasteiger charge is -2.23. The predicted molar refractivity (Wildman–Crippen MR) is 118 cm³/mol. The number of hydrogen-bond acceptors (Lipinski definition) is 5. The van der Waals surface area contributed by atoms with E-state index < -0.39 is 6.10 Å². The van der Waals surface area contributed by atoms with Gasteiger partial charge < -0.3 is 24.4 Å². The minimum atomic E-state index is -0.503. The van der Waals surface area contributed by atoms with Gasteiger partial charge in [-0.15, -0.1) is 0 Å². The summed E-state index contributed by atoms with van der Waals surface area (Å²) in [6.45, 7) is 3.56. The highest BCUT2D eigenvalue weighted by atomic mass is 16.5. The Hall–Kier alpha value is -3.06. The van der Waals surface area contributed by atoms with Crippen LogP contribution >= 0.6 is 0 Å². The van der Waals surface area contributed by atoms with Gasteiger partial charge in [-0.25, -0.2) is 0 Å². The zero-order valence-electron chi connectivity index (χ0n) is 18.3. The molecule has 0 aliphatic carbocycles. The molecule has 0 radical (unpaired) electrons. The Morgan fingerprint density at radius 1 is 1.23 bits per heavy atom. The third-order valence-electron chi connectivity index (χ3n) is 5.21. The third kappa shape index (κ3) is 5.98. The van der Waals surface area contributed by atoms with Crippen molar-refractivity contribution in [1.29, 1.82) is 0 Å². The number of anilines is 1. The van der Waals surface area contributed by atoms with E-state index in [9.17, 15) is 9.59 Å². The summed E-state index contributed by atoms with van der Waals surface area (Å²) in [5.74, 6) is 1.26. The van der Waals surface area contributed by atoms with Crippen molar-refractivity contribution in [3.63, 3.8) is 0 Å². The van der Waals surface area contributed by atoms with Gasteiger partial charge in [-0.3, -0.25) is 9.59 Å². The Labute approximate surface area is 183 Å². The van der Waals surface area contributed by atoms with E-state index in [0.717, 1.165) is 23.3 Å². The van der Waals surface area contributed by atoms with Crippen molar-refractivity contribution in [2.24, 2.45) is 0 Å². The first kappa shape index (κ1) is 22.6. The summed E-state index contributed by atoms with van der Waals surface area (Å²) in [6, 6.07) is 13.0. The van der Waals surface area contributed by atoms with Gasteiger partial charge >= 0.3 is 0 Å². The summed E-state index contributed by atoms with van der Waals surface area (Å²) in [5.41, 5.74) is 2.42. The molecule has 7 nitrogen and oxygen atoms in total. The van der Waals surface area contributed by atoms with E-state index in [0.29, 0.717) is 37.6 Å². The van der Waals surface area contributed by atoms with Gasteiger partial charge in [0.05, 0.1) is 13.5 Å². The number of methoxy groups -OCH3 is 2. The number of nitrogens with zero attached hydrogens (tertiary/aromatic N) is 1. The topological polar surface area (TPSA) is 77.1 Å². The maximum Gasteiger partial charge on any atom is 0.263 e. The third-order valence-corrected chi connectivity index (χ3v) is 5.21. The highest BCUT2D eigenvalue weighted by Gasteiger charge is 2.29. The average Bonchev–Trinajstić information content (AvgIpc) is 2.90. The van der Waals surface area contributed by atoms with E-state index in [1.165, 1.54) is 0 Å². The van der Waals surface area contributed by atoms with Crippen LogP contribution in [-0.4, -0.2) is 50.2 Å². The molecule has 1 N–H and O–H groups in total. The molecule has 31 heavy (non-hydrogen) atoms. The zero-order valence-corrected chi connectivity index (χ0v) is 18.3. The molecule has 0 spiro atoms. The van der Waals surface area contributed by atoms with Crippen LogP contribution in [0.2, 0.25) is 0 Å². The van der Waals surface area contributed by atoms with Crippen LogP contribution in [0.5, 0.6) is 11.5 Å². The molecule has 0 saturated heterocycles. The minimum Gasteiger partial charge on any atom is -0.497 e. The fraction of sp³-hybridized carbons (Fsp3) is 0.417. The Bertz CT molecular complexity index is 915. The lowest BCUT2D eigenvalue weighted by molar-refractivity contribution is -0.138. The summed E-state index contributed by atoms with van der Waals surface area (Å²) in [6.07, 6.45) is 1.09.